The van der Waals surface area contributed by atoms with E-state index in [0.717, 1.165) is 32.0 Å². The molecule has 0 radical (unpaired) electrons. The fraction of sp³-hybridized carbons (Fsp3) is 1.00. The van der Waals surface area contributed by atoms with Gasteiger partial charge in [0.2, 0.25) is 0 Å². The maximum absolute atomic E-state index is 5.68. The van der Waals surface area contributed by atoms with E-state index in [1.807, 2.05) is 0 Å². The average molecular weight is 186 g/mol. The third kappa shape index (κ3) is 4.07. The summed E-state index contributed by atoms with van der Waals surface area (Å²) in [5, 5.41) is 0. The van der Waals surface area contributed by atoms with E-state index >= 15 is 0 Å². The molecule has 0 heterocycles. The number of nitrogens with zero attached hydrogens (tertiary/aromatic N) is 1. The van der Waals surface area contributed by atoms with E-state index in [0.29, 0.717) is 6.10 Å². The van der Waals surface area contributed by atoms with Gasteiger partial charge in [-0.2, -0.15) is 0 Å². The summed E-state index contributed by atoms with van der Waals surface area (Å²) in [6, 6.07) is 0. The van der Waals surface area contributed by atoms with Gasteiger partial charge in [0.1, 0.15) is 0 Å². The van der Waals surface area contributed by atoms with Crippen LogP contribution in [0.3, 0.4) is 0 Å². The predicted molar refractivity (Wildman–Crippen MR) is 54.7 cm³/mol. The van der Waals surface area contributed by atoms with E-state index < -0.39 is 0 Å². The van der Waals surface area contributed by atoms with Gasteiger partial charge in [-0.25, -0.2) is 0 Å². The van der Waals surface area contributed by atoms with E-state index in [4.69, 9.17) is 10.5 Å². The lowest BCUT2D eigenvalue weighted by Crippen LogP contribution is -2.36. The highest BCUT2D eigenvalue weighted by Crippen LogP contribution is 2.28. The van der Waals surface area contributed by atoms with Crippen LogP contribution in [0.15, 0.2) is 0 Å². The lowest BCUT2D eigenvalue weighted by Gasteiger charge is -2.34. The average Bonchev–Trinajstić information content (AvgIpc) is 2.00. The maximum atomic E-state index is 5.68. The van der Waals surface area contributed by atoms with Crippen molar-refractivity contribution in [1.82, 2.24) is 4.90 Å². The minimum atomic E-state index is 0.510. The molecule has 0 aromatic heterocycles. The van der Waals surface area contributed by atoms with Crippen molar-refractivity contribution < 1.29 is 4.74 Å². The van der Waals surface area contributed by atoms with E-state index in [9.17, 15) is 0 Å². The Hall–Kier alpha value is -0.120. The van der Waals surface area contributed by atoms with Crippen LogP contribution in [0.2, 0.25) is 0 Å². The molecular weight excluding hydrogens is 164 g/mol. The molecule has 1 aliphatic carbocycles. The Kier molecular flexibility index (Phi) is 4.70. The second-order valence-corrected chi connectivity index (χ2v) is 4.22. The number of hydrogen-bond donors (Lipinski definition) is 1. The zero-order valence-electron chi connectivity index (χ0n) is 8.83. The third-order valence-electron chi connectivity index (χ3n) is 2.63. The number of ether oxygens (including phenoxy) is 1. The summed E-state index contributed by atoms with van der Waals surface area (Å²) in [7, 11) is 4.18. The van der Waals surface area contributed by atoms with Crippen molar-refractivity contribution in [3.63, 3.8) is 0 Å². The van der Waals surface area contributed by atoms with Gasteiger partial charge < -0.3 is 15.4 Å². The summed E-state index contributed by atoms with van der Waals surface area (Å²) in [4.78, 5) is 2.19. The van der Waals surface area contributed by atoms with Crippen LogP contribution < -0.4 is 5.73 Å². The van der Waals surface area contributed by atoms with Crippen molar-refractivity contribution in [2.45, 2.75) is 25.4 Å². The molecule has 0 aliphatic heterocycles. The van der Waals surface area contributed by atoms with Crippen LogP contribution in [0.1, 0.15) is 19.3 Å². The summed E-state index contributed by atoms with van der Waals surface area (Å²) in [6.07, 6.45) is 4.00. The standard InChI is InChI=1S/C10H22N2O/c1-12(2)4-3-5-13-10-6-9(7-10)8-11/h9-10H,3-8,11H2,1-2H3. The number of hydrogen-bond acceptors (Lipinski definition) is 3. The fourth-order valence-electron chi connectivity index (χ4n) is 1.63. The molecule has 1 aliphatic rings. The number of rotatable bonds is 6. The molecule has 0 saturated heterocycles. The van der Waals surface area contributed by atoms with Gasteiger partial charge in [-0.05, 0) is 52.4 Å². The molecule has 1 saturated carbocycles. The quantitative estimate of drug-likeness (QED) is 0.620. The van der Waals surface area contributed by atoms with Crippen LogP contribution in [0.5, 0.6) is 0 Å². The maximum Gasteiger partial charge on any atom is 0.0581 e. The normalized spacial score (nSPS) is 27.7. The Morgan fingerprint density at radius 1 is 1.38 bits per heavy atom. The largest absolute Gasteiger partial charge is 0.378 e. The molecule has 1 rings (SSSR count). The molecule has 0 amide bonds. The first-order chi connectivity index (χ1) is 6.22. The Morgan fingerprint density at radius 2 is 2.08 bits per heavy atom. The van der Waals surface area contributed by atoms with Crippen LogP contribution >= 0.6 is 0 Å². The SMILES string of the molecule is CN(C)CCCOC1CC(CN)C1. The molecular formula is C10H22N2O. The Morgan fingerprint density at radius 3 is 2.62 bits per heavy atom. The van der Waals surface area contributed by atoms with Crippen LogP contribution in [-0.2, 0) is 4.74 Å². The Bertz CT molecular complexity index is 133. The summed E-state index contributed by atoms with van der Waals surface area (Å²) in [6.45, 7) is 2.85. The van der Waals surface area contributed by atoms with Crippen LogP contribution in [-0.4, -0.2) is 44.8 Å². The van der Waals surface area contributed by atoms with Gasteiger partial charge in [0.25, 0.3) is 0 Å². The van der Waals surface area contributed by atoms with E-state index in [2.05, 4.69) is 19.0 Å². The number of nitrogens with two attached hydrogens (primary N) is 1. The molecule has 0 unspecified atom stereocenters. The van der Waals surface area contributed by atoms with Gasteiger partial charge in [-0.15, -0.1) is 0 Å². The van der Waals surface area contributed by atoms with Gasteiger partial charge in [0.15, 0.2) is 0 Å². The van der Waals surface area contributed by atoms with Crippen LogP contribution in [0.25, 0.3) is 0 Å². The molecule has 0 spiro atoms. The van der Waals surface area contributed by atoms with Gasteiger partial charge >= 0.3 is 0 Å². The molecule has 13 heavy (non-hydrogen) atoms. The minimum absolute atomic E-state index is 0.510. The molecule has 0 aromatic carbocycles. The van der Waals surface area contributed by atoms with Crippen LogP contribution in [0.4, 0.5) is 0 Å². The summed E-state index contributed by atoms with van der Waals surface area (Å²) < 4.78 is 5.68. The molecule has 3 nitrogen and oxygen atoms in total. The highest BCUT2D eigenvalue weighted by atomic mass is 16.5. The van der Waals surface area contributed by atoms with Crippen molar-refractivity contribution in [2.75, 3.05) is 33.8 Å². The second kappa shape index (κ2) is 5.58. The van der Waals surface area contributed by atoms with Crippen LogP contribution in [0, 0.1) is 5.92 Å². The third-order valence-corrected chi connectivity index (χ3v) is 2.63. The first kappa shape index (κ1) is 11.0. The summed E-state index contributed by atoms with van der Waals surface area (Å²) in [5.41, 5.74) is 5.53. The monoisotopic (exact) mass is 186 g/mol. The zero-order valence-corrected chi connectivity index (χ0v) is 8.83. The van der Waals surface area contributed by atoms with Gasteiger partial charge in [-0.3, -0.25) is 0 Å². The van der Waals surface area contributed by atoms with Gasteiger partial charge in [0, 0.05) is 6.61 Å². The first-order valence-electron chi connectivity index (χ1n) is 5.18. The molecule has 0 aromatic rings. The predicted octanol–water partition coefficient (Wildman–Crippen LogP) is 0.692. The van der Waals surface area contributed by atoms with Crippen molar-refractivity contribution in [3.8, 4) is 0 Å². The Balaban J connectivity index is 1.85. The van der Waals surface area contributed by atoms with E-state index in [1.165, 1.54) is 12.8 Å². The van der Waals surface area contributed by atoms with Crippen molar-refractivity contribution in [1.29, 1.82) is 0 Å². The van der Waals surface area contributed by atoms with Gasteiger partial charge in [0.05, 0.1) is 6.10 Å². The highest BCUT2D eigenvalue weighted by Gasteiger charge is 2.28. The zero-order chi connectivity index (χ0) is 9.68. The topological polar surface area (TPSA) is 38.5 Å². The second-order valence-electron chi connectivity index (χ2n) is 4.22. The molecule has 0 bridgehead atoms. The molecule has 3 heteroatoms. The minimum Gasteiger partial charge on any atom is -0.378 e. The fourth-order valence-corrected chi connectivity index (χ4v) is 1.63. The van der Waals surface area contributed by atoms with Gasteiger partial charge in [-0.1, -0.05) is 0 Å². The summed E-state index contributed by atoms with van der Waals surface area (Å²) in [5.74, 6) is 0.735. The summed E-state index contributed by atoms with van der Waals surface area (Å²) >= 11 is 0. The van der Waals surface area contributed by atoms with Crippen molar-refractivity contribution in [3.05, 3.63) is 0 Å². The molecule has 1 fully saturated rings. The first-order valence-corrected chi connectivity index (χ1v) is 5.18. The molecule has 78 valence electrons. The van der Waals surface area contributed by atoms with E-state index in [1.54, 1.807) is 0 Å². The van der Waals surface area contributed by atoms with E-state index in [-0.39, 0.29) is 0 Å². The smallest absolute Gasteiger partial charge is 0.0581 e. The lowest BCUT2D eigenvalue weighted by atomic mass is 9.82. The molecule has 2 N–H and O–H groups in total. The highest BCUT2D eigenvalue weighted by molar-refractivity contribution is 4.80. The molecule has 0 atom stereocenters. The lowest BCUT2D eigenvalue weighted by molar-refractivity contribution is -0.0298. The van der Waals surface area contributed by atoms with Crippen molar-refractivity contribution >= 4 is 0 Å². The Labute approximate surface area is 81.2 Å². The van der Waals surface area contributed by atoms with Crippen molar-refractivity contribution in [2.24, 2.45) is 11.7 Å².